The zero-order valence-electron chi connectivity index (χ0n) is 20.7. The number of benzene rings is 1. The van der Waals surface area contributed by atoms with Gasteiger partial charge in [0.25, 0.3) is 5.56 Å². The highest BCUT2D eigenvalue weighted by molar-refractivity contribution is 6.33. The number of aryl methyl sites for hydroxylation is 1. The van der Waals surface area contributed by atoms with Gasteiger partial charge in [-0.15, -0.1) is 0 Å². The lowest BCUT2D eigenvalue weighted by Gasteiger charge is -2.27. The molecule has 8 heteroatoms. The third-order valence-corrected chi connectivity index (χ3v) is 7.25. The molecule has 186 valence electrons. The van der Waals surface area contributed by atoms with Gasteiger partial charge in [-0.05, 0) is 69.7 Å². The van der Waals surface area contributed by atoms with E-state index in [4.69, 9.17) is 22.3 Å². The van der Waals surface area contributed by atoms with Crippen LogP contribution in [0.25, 0.3) is 33.4 Å². The first-order valence-electron chi connectivity index (χ1n) is 12.6. The molecule has 0 unspecified atom stereocenters. The van der Waals surface area contributed by atoms with Crippen LogP contribution in [0, 0.1) is 12.8 Å². The van der Waals surface area contributed by atoms with Crippen molar-refractivity contribution in [3.05, 3.63) is 69.7 Å². The van der Waals surface area contributed by atoms with Crippen LogP contribution in [0.2, 0.25) is 5.02 Å². The Labute approximate surface area is 215 Å². The first-order valence-corrected chi connectivity index (χ1v) is 12.9. The van der Waals surface area contributed by atoms with E-state index in [0.717, 1.165) is 48.0 Å². The first-order chi connectivity index (χ1) is 17.4. The molecule has 1 aliphatic carbocycles. The zero-order valence-corrected chi connectivity index (χ0v) is 21.4. The number of nitrogens with zero attached hydrogens (tertiary/aromatic N) is 4. The molecule has 0 amide bonds. The van der Waals surface area contributed by atoms with Crippen molar-refractivity contribution in [1.29, 1.82) is 0 Å². The molecule has 1 saturated carbocycles. The number of hydrogen-bond acceptors (Lipinski definition) is 6. The van der Waals surface area contributed by atoms with E-state index in [-0.39, 0.29) is 11.6 Å². The highest BCUT2D eigenvalue weighted by Gasteiger charge is 2.22. The summed E-state index contributed by atoms with van der Waals surface area (Å²) in [5.74, 6) is 0.897. The number of pyridine rings is 2. The number of hydrogen-bond donors (Lipinski definition) is 2. The summed E-state index contributed by atoms with van der Waals surface area (Å²) in [7, 11) is 0. The Morgan fingerprint density at radius 2 is 1.89 bits per heavy atom. The van der Waals surface area contributed by atoms with Crippen LogP contribution >= 0.6 is 11.6 Å². The molecule has 1 aromatic carbocycles. The largest absolute Gasteiger partial charge is 0.354 e. The SMILES string of the molecule is CCNc1ncc2cc(-c3ccc(-c4cccc(C)n4)cc3Cl)c(=O)n(C[C@H]3CC[C@H](N)CC3)c2n1. The van der Waals surface area contributed by atoms with Crippen LogP contribution in [-0.4, -0.2) is 32.1 Å². The summed E-state index contributed by atoms with van der Waals surface area (Å²) < 4.78 is 1.81. The molecule has 7 nitrogen and oxygen atoms in total. The van der Waals surface area contributed by atoms with Gasteiger partial charge in [-0.25, -0.2) is 4.98 Å². The fourth-order valence-corrected chi connectivity index (χ4v) is 5.27. The van der Waals surface area contributed by atoms with Gasteiger partial charge in [0.2, 0.25) is 5.95 Å². The monoisotopic (exact) mass is 502 g/mol. The molecule has 3 aromatic heterocycles. The molecule has 36 heavy (non-hydrogen) atoms. The molecule has 3 N–H and O–H groups in total. The van der Waals surface area contributed by atoms with Crippen LogP contribution in [0.5, 0.6) is 0 Å². The third kappa shape index (κ3) is 4.99. The Hall–Kier alpha value is -3.29. The number of nitrogens with one attached hydrogen (secondary N) is 1. The summed E-state index contributed by atoms with van der Waals surface area (Å²) in [6.45, 7) is 5.25. The maximum atomic E-state index is 13.9. The van der Waals surface area contributed by atoms with Crippen LogP contribution in [-0.2, 0) is 6.54 Å². The minimum Gasteiger partial charge on any atom is -0.354 e. The fourth-order valence-electron chi connectivity index (χ4n) is 4.99. The molecule has 1 fully saturated rings. The van der Waals surface area contributed by atoms with Crippen LogP contribution < -0.4 is 16.6 Å². The van der Waals surface area contributed by atoms with E-state index in [9.17, 15) is 4.79 Å². The summed E-state index contributed by atoms with van der Waals surface area (Å²) in [5, 5.41) is 4.47. The zero-order chi connectivity index (χ0) is 25.2. The molecule has 5 rings (SSSR count). The molecule has 0 saturated heterocycles. The number of nitrogens with two attached hydrogens (primary N) is 1. The van der Waals surface area contributed by atoms with Gasteiger partial charge in [0.15, 0.2) is 0 Å². The molecular weight excluding hydrogens is 472 g/mol. The highest BCUT2D eigenvalue weighted by atomic mass is 35.5. The van der Waals surface area contributed by atoms with E-state index in [1.165, 1.54) is 0 Å². The van der Waals surface area contributed by atoms with E-state index < -0.39 is 0 Å². The lowest BCUT2D eigenvalue weighted by atomic mass is 9.86. The van der Waals surface area contributed by atoms with Crippen molar-refractivity contribution in [3.8, 4) is 22.4 Å². The predicted molar refractivity (Wildman–Crippen MR) is 146 cm³/mol. The average molecular weight is 503 g/mol. The lowest BCUT2D eigenvalue weighted by Crippen LogP contribution is -2.31. The second kappa shape index (κ2) is 10.4. The number of fused-ring (bicyclic) bond motifs is 1. The maximum Gasteiger partial charge on any atom is 0.260 e. The highest BCUT2D eigenvalue weighted by Crippen LogP contribution is 2.32. The van der Waals surface area contributed by atoms with Crippen LogP contribution in [0.4, 0.5) is 5.95 Å². The molecule has 1 aliphatic rings. The minimum atomic E-state index is -0.0955. The summed E-state index contributed by atoms with van der Waals surface area (Å²) in [5.41, 5.74) is 10.6. The Morgan fingerprint density at radius 3 is 2.61 bits per heavy atom. The average Bonchev–Trinajstić information content (AvgIpc) is 2.87. The minimum absolute atomic E-state index is 0.0955. The Balaban J connectivity index is 1.61. The van der Waals surface area contributed by atoms with Crippen molar-refractivity contribution in [2.24, 2.45) is 11.7 Å². The molecule has 4 aromatic rings. The summed E-state index contributed by atoms with van der Waals surface area (Å²) in [6.07, 6.45) is 5.74. The van der Waals surface area contributed by atoms with Gasteiger partial charge < -0.3 is 11.1 Å². The summed E-state index contributed by atoms with van der Waals surface area (Å²) >= 11 is 6.77. The molecule has 3 heterocycles. The van der Waals surface area contributed by atoms with E-state index in [1.807, 2.05) is 56.3 Å². The van der Waals surface area contributed by atoms with Gasteiger partial charge in [-0.1, -0.05) is 29.8 Å². The Morgan fingerprint density at radius 1 is 1.08 bits per heavy atom. The fraction of sp³-hybridized carbons (Fsp3) is 0.357. The smallest absolute Gasteiger partial charge is 0.260 e. The maximum absolute atomic E-state index is 13.9. The van der Waals surface area contributed by atoms with Crippen molar-refractivity contribution in [2.45, 2.75) is 52.1 Å². The van der Waals surface area contributed by atoms with Gasteiger partial charge >= 0.3 is 0 Å². The van der Waals surface area contributed by atoms with Gasteiger partial charge in [-0.2, -0.15) is 4.98 Å². The number of aromatic nitrogens is 4. The van der Waals surface area contributed by atoms with Crippen molar-refractivity contribution in [2.75, 3.05) is 11.9 Å². The molecular formula is C28H31ClN6O. The normalized spacial score (nSPS) is 17.9. The van der Waals surface area contributed by atoms with Gasteiger partial charge in [-0.3, -0.25) is 14.3 Å². The number of halogens is 1. The van der Waals surface area contributed by atoms with Crippen LogP contribution in [0.1, 0.15) is 38.3 Å². The number of anilines is 1. The van der Waals surface area contributed by atoms with Crippen molar-refractivity contribution < 1.29 is 0 Å². The van der Waals surface area contributed by atoms with Gasteiger partial charge in [0.05, 0.1) is 5.69 Å². The van der Waals surface area contributed by atoms with Gasteiger partial charge in [0, 0.05) is 58.1 Å². The molecule has 0 atom stereocenters. The van der Waals surface area contributed by atoms with E-state index >= 15 is 0 Å². The standard InChI is InChI=1S/C28H31ClN6O/c1-3-31-28-32-15-20-13-23(22-12-9-19(14-24(22)29)25-6-4-5-17(2)33-25)27(36)35(26(20)34-28)16-18-7-10-21(30)11-8-18/h4-6,9,12-15,18,21H,3,7-8,10-11,16,30H2,1-2H3,(H,31,32,34)/t18-,21-. The van der Waals surface area contributed by atoms with Crippen LogP contribution in [0.3, 0.4) is 0 Å². The van der Waals surface area contributed by atoms with Crippen LogP contribution in [0.15, 0.2) is 53.5 Å². The third-order valence-electron chi connectivity index (χ3n) is 6.94. The van der Waals surface area contributed by atoms with E-state index in [1.54, 1.807) is 10.8 Å². The molecule has 0 aliphatic heterocycles. The quantitative estimate of drug-likeness (QED) is 0.364. The lowest BCUT2D eigenvalue weighted by molar-refractivity contribution is 0.295. The van der Waals surface area contributed by atoms with Crippen molar-refractivity contribution >= 4 is 28.6 Å². The molecule has 0 spiro atoms. The van der Waals surface area contributed by atoms with E-state index in [2.05, 4.69) is 15.3 Å². The Kier molecular flexibility index (Phi) is 7.03. The van der Waals surface area contributed by atoms with Gasteiger partial charge in [0.1, 0.15) is 5.65 Å². The van der Waals surface area contributed by atoms with Crippen molar-refractivity contribution in [1.82, 2.24) is 19.5 Å². The second-order valence-electron chi connectivity index (χ2n) is 9.62. The molecule has 0 bridgehead atoms. The summed E-state index contributed by atoms with van der Waals surface area (Å²) in [4.78, 5) is 27.7. The second-order valence-corrected chi connectivity index (χ2v) is 10.0. The Bertz CT molecular complexity index is 1460. The topological polar surface area (TPSA) is 98.7 Å². The van der Waals surface area contributed by atoms with E-state index in [0.29, 0.717) is 46.8 Å². The predicted octanol–water partition coefficient (Wildman–Crippen LogP) is 5.43. The first kappa shape index (κ1) is 24.4. The summed E-state index contributed by atoms with van der Waals surface area (Å²) in [6, 6.07) is 13.7. The van der Waals surface area contributed by atoms with Crippen molar-refractivity contribution in [3.63, 3.8) is 0 Å². The molecule has 0 radical (unpaired) electrons. The number of rotatable bonds is 6.